The van der Waals surface area contributed by atoms with Crippen molar-refractivity contribution in [3.63, 3.8) is 0 Å². The lowest BCUT2D eigenvalue weighted by molar-refractivity contribution is 0.138. The van der Waals surface area contributed by atoms with Gasteiger partial charge in [0.05, 0.1) is 13.2 Å². The fourth-order valence-corrected chi connectivity index (χ4v) is 4.20. The quantitative estimate of drug-likeness (QED) is 0.767. The number of rotatable bonds is 7. The van der Waals surface area contributed by atoms with E-state index in [1.54, 1.807) is 13.0 Å². The van der Waals surface area contributed by atoms with Crippen molar-refractivity contribution < 1.29 is 18.3 Å². The summed E-state index contributed by atoms with van der Waals surface area (Å²) in [7, 11) is -1.94. The van der Waals surface area contributed by atoms with Gasteiger partial charge >= 0.3 is 0 Å². The number of sulfonamides is 1. The molecule has 7 heteroatoms. The Balaban J connectivity index is 2.84. The van der Waals surface area contributed by atoms with E-state index in [1.807, 2.05) is 6.92 Å². The predicted molar refractivity (Wildman–Crippen MR) is 71.3 cm³/mol. The van der Waals surface area contributed by atoms with Crippen LogP contribution in [0.25, 0.3) is 0 Å². The number of ether oxygens (including phenoxy) is 1. The molecule has 0 aliphatic carbocycles. The van der Waals surface area contributed by atoms with E-state index in [-0.39, 0.29) is 10.8 Å². The predicted octanol–water partition coefficient (Wildman–Crippen LogP) is 1.21. The Morgan fingerprint density at radius 1 is 1.50 bits per heavy atom. The van der Waals surface area contributed by atoms with Crippen LogP contribution in [0.2, 0.25) is 0 Å². The molecule has 104 valence electrons. The van der Waals surface area contributed by atoms with Crippen LogP contribution in [0.1, 0.15) is 17.4 Å². The first kappa shape index (κ1) is 15.6. The first-order chi connectivity index (χ1) is 8.43. The summed E-state index contributed by atoms with van der Waals surface area (Å²) in [6.07, 6.45) is 0. The average Bonchev–Trinajstić information content (AvgIpc) is 2.71. The second kappa shape index (κ2) is 6.63. The monoisotopic (exact) mass is 293 g/mol. The van der Waals surface area contributed by atoms with E-state index < -0.39 is 10.0 Å². The summed E-state index contributed by atoms with van der Waals surface area (Å²) in [5.41, 5.74) is 0.805. The van der Waals surface area contributed by atoms with Gasteiger partial charge in [-0.25, -0.2) is 8.42 Å². The molecule has 0 aliphatic rings. The number of hydrogen-bond acceptors (Lipinski definition) is 5. The van der Waals surface area contributed by atoms with Gasteiger partial charge < -0.3 is 9.84 Å². The third-order valence-corrected chi connectivity index (χ3v) is 6.09. The minimum atomic E-state index is -3.47. The summed E-state index contributed by atoms with van der Waals surface area (Å²) in [5.74, 6) is 0. The summed E-state index contributed by atoms with van der Waals surface area (Å²) in [4.78, 5) is 0.687. The fraction of sp³-hybridized carbons (Fsp3) is 0.636. The molecular weight excluding hydrogens is 274 g/mol. The van der Waals surface area contributed by atoms with Crippen molar-refractivity contribution in [1.82, 2.24) is 4.31 Å². The Morgan fingerprint density at radius 2 is 2.17 bits per heavy atom. The van der Waals surface area contributed by atoms with Crippen molar-refractivity contribution in [2.24, 2.45) is 0 Å². The van der Waals surface area contributed by atoms with E-state index in [2.05, 4.69) is 0 Å². The third-order valence-electron chi connectivity index (χ3n) is 2.56. The van der Waals surface area contributed by atoms with E-state index in [4.69, 9.17) is 9.84 Å². The van der Waals surface area contributed by atoms with Gasteiger partial charge in [0.15, 0.2) is 0 Å². The number of aryl methyl sites for hydroxylation is 1. The second-order valence-corrected chi connectivity index (χ2v) is 7.26. The molecule has 18 heavy (non-hydrogen) atoms. The van der Waals surface area contributed by atoms with Gasteiger partial charge in [-0.2, -0.15) is 4.31 Å². The van der Waals surface area contributed by atoms with Crippen molar-refractivity contribution in [2.45, 2.75) is 24.7 Å². The lowest BCUT2D eigenvalue weighted by atomic mass is 10.3. The molecule has 0 bridgehead atoms. The van der Waals surface area contributed by atoms with Crippen LogP contribution in [0, 0.1) is 6.92 Å². The highest BCUT2D eigenvalue weighted by molar-refractivity contribution is 7.91. The second-order valence-electron chi connectivity index (χ2n) is 3.85. The van der Waals surface area contributed by atoms with Gasteiger partial charge in [0.2, 0.25) is 0 Å². The number of aliphatic hydroxyl groups is 1. The maximum atomic E-state index is 12.2. The molecule has 0 radical (unpaired) electrons. The maximum absolute atomic E-state index is 12.2. The summed E-state index contributed by atoms with van der Waals surface area (Å²) < 4.78 is 31.1. The maximum Gasteiger partial charge on any atom is 0.252 e. The molecule has 0 amide bonds. The standard InChI is InChI=1S/C11H19NO4S2/c1-4-16-6-5-12(3)18(14,15)11-7-9(2)10(8-13)17-11/h7,13H,4-6,8H2,1-3H3. The van der Waals surface area contributed by atoms with E-state index in [0.29, 0.717) is 24.6 Å². The molecule has 5 nitrogen and oxygen atoms in total. The molecule has 0 aromatic carbocycles. The van der Waals surface area contributed by atoms with Gasteiger partial charge in [0, 0.05) is 25.1 Å². The van der Waals surface area contributed by atoms with E-state index >= 15 is 0 Å². The van der Waals surface area contributed by atoms with Crippen LogP contribution in [0.4, 0.5) is 0 Å². The van der Waals surface area contributed by atoms with Crippen LogP contribution in [0.15, 0.2) is 10.3 Å². The lowest BCUT2D eigenvalue weighted by Gasteiger charge is -2.15. The Hall–Kier alpha value is -0.470. The molecule has 0 atom stereocenters. The van der Waals surface area contributed by atoms with Crippen molar-refractivity contribution in [1.29, 1.82) is 0 Å². The molecule has 0 saturated carbocycles. The normalized spacial score (nSPS) is 12.3. The zero-order valence-electron chi connectivity index (χ0n) is 10.8. The molecule has 1 rings (SSSR count). The smallest absolute Gasteiger partial charge is 0.252 e. The Morgan fingerprint density at radius 3 is 2.67 bits per heavy atom. The molecule has 0 fully saturated rings. The SMILES string of the molecule is CCOCCN(C)S(=O)(=O)c1cc(C)c(CO)s1. The molecule has 0 saturated heterocycles. The van der Waals surface area contributed by atoms with Crippen LogP contribution < -0.4 is 0 Å². The number of hydrogen-bond donors (Lipinski definition) is 1. The Labute approximate surface area is 112 Å². The average molecular weight is 293 g/mol. The Kier molecular flexibility index (Phi) is 5.74. The highest BCUT2D eigenvalue weighted by Gasteiger charge is 2.23. The zero-order valence-corrected chi connectivity index (χ0v) is 12.5. The van der Waals surface area contributed by atoms with Crippen LogP contribution in [0.5, 0.6) is 0 Å². The summed E-state index contributed by atoms with van der Waals surface area (Å²) >= 11 is 1.11. The van der Waals surface area contributed by atoms with Gasteiger partial charge in [-0.3, -0.25) is 0 Å². The number of likely N-dealkylation sites (N-methyl/N-ethyl adjacent to an activating group) is 1. The minimum absolute atomic E-state index is 0.130. The molecule has 1 aromatic rings. The first-order valence-corrected chi connectivity index (χ1v) is 7.93. The summed E-state index contributed by atoms with van der Waals surface area (Å²) in [5, 5.41) is 9.09. The molecule has 1 aromatic heterocycles. The van der Waals surface area contributed by atoms with Crippen molar-refractivity contribution in [2.75, 3.05) is 26.8 Å². The molecule has 0 unspecified atom stereocenters. The fourth-order valence-electron chi connectivity index (χ4n) is 1.38. The molecule has 0 spiro atoms. The highest BCUT2D eigenvalue weighted by atomic mass is 32.2. The van der Waals surface area contributed by atoms with Gasteiger partial charge in [-0.1, -0.05) is 0 Å². The topological polar surface area (TPSA) is 66.8 Å². The molecule has 1 heterocycles. The lowest BCUT2D eigenvalue weighted by Crippen LogP contribution is -2.29. The zero-order chi connectivity index (χ0) is 13.8. The van der Waals surface area contributed by atoms with Crippen LogP contribution in [-0.2, 0) is 21.4 Å². The van der Waals surface area contributed by atoms with E-state index in [9.17, 15) is 8.42 Å². The van der Waals surface area contributed by atoms with Crippen LogP contribution >= 0.6 is 11.3 Å². The molecular formula is C11H19NO4S2. The largest absolute Gasteiger partial charge is 0.391 e. The summed E-state index contributed by atoms with van der Waals surface area (Å²) in [6.45, 7) is 4.80. The van der Waals surface area contributed by atoms with Gasteiger partial charge in [0.1, 0.15) is 4.21 Å². The van der Waals surface area contributed by atoms with Gasteiger partial charge in [-0.15, -0.1) is 11.3 Å². The van der Waals surface area contributed by atoms with E-state index in [0.717, 1.165) is 16.9 Å². The molecule has 1 N–H and O–H groups in total. The Bertz CT molecular complexity index is 481. The summed E-state index contributed by atoms with van der Waals surface area (Å²) in [6, 6.07) is 1.60. The van der Waals surface area contributed by atoms with E-state index in [1.165, 1.54) is 11.4 Å². The van der Waals surface area contributed by atoms with Crippen LogP contribution in [0.3, 0.4) is 0 Å². The van der Waals surface area contributed by atoms with Crippen LogP contribution in [-0.4, -0.2) is 44.6 Å². The van der Waals surface area contributed by atoms with Gasteiger partial charge in [0.25, 0.3) is 10.0 Å². The highest BCUT2D eigenvalue weighted by Crippen LogP contribution is 2.27. The minimum Gasteiger partial charge on any atom is -0.391 e. The third kappa shape index (κ3) is 3.52. The number of aliphatic hydroxyl groups excluding tert-OH is 1. The van der Waals surface area contributed by atoms with Crippen molar-refractivity contribution in [3.8, 4) is 0 Å². The molecule has 0 aliphatic heterocycles. The van der Waals surface area contributed by atoms with Crippen molar-refractivity contribution >= 4 is 21.4 Å². The first-order valence-electron chi connectivity index (χ1n) is 5.67. The van der Waals surface area contributed by atoms with Crippen molar-refractivity contribution in [3.05, 3.63) is 16.5 Å². The number of nitrogens with zero attached hydrogens (tertiary/aromatic N) is 1. The number of thiophene rings is 1. The van der Waals surface area contributed by atoms with Gasteiger partial charge in [-0.05, 0) is 25.5 Å².